The van der Waals surface area contributed by atoms with Gasteiger partial charge in [-0.3, -0.25) is 14.4 Å². The number of piperazine rings is 1. The molecule has 2 aliphatic rings. The lowest BCUT2D eigenvalue weighted by Gasteiger charge is -2.36. The van der Waals surface area contributed by atoms with E-state index in [-0.39, 0.29) is 29.9 Å². The van der Waals surface area contributed by atoms with Gasteiger partial charge in [-0.1, -0.05) is 24.3 Å². The summed E-state index contributed by atoms with van der Waals surface area (Å²) >= 11 is 0. The summed E-state index contributed by atoms with van der Waals surface area (Å²) in [5.74, 6) is -0.0809. The van der Waals surface area contributed by atoms with E-state index in [1.54, 1.807) is 21.9 Å². The van der Waals surface area contributed by atoms with E-state index in [1.807, 2.05) is 24.3 Å². The molecule has 6 heteroatoms. The van der Waals surface area contributed by atoms with E-state index in [0.29, 0.717) is 38.4 Å². The van der Waals surface area contributed by atoms with E-state index in [9.17, 15) is 14.4 Å². The Kier molecular flexibility index (Phi) is 4.32. The first-order valence-corrected chi connectivity index (χ1v) is 8.86. The van der Waals surface area contributed by atoms with Crippen LogP contribution in [0.25, 0.3) is 0 Å². The number of nitrogens with zero attached hydrogens (tertiary/aromatic N) is 2. The quantitative estimate of drug-likeness (QED) is 0.829. The number of furan rings is 1. The van der Waals surface area contributed by atoms with E-state index in [4.69, 9.17) is 4.42 Å². The van der Waals surface area contributed by atoms with Crippen molar-refractivity contribution in [2.24, 2.45) is 5.92 Å². The van der Waals surface area contributed by atoms with Gasteiger partial charge < -0.3 is 14.2 Å². The SMILES string of the molecule is O=C1CC(C(=O)N2CCN(C(=O)c3ccco3)CC2)Cc2ccccc21. The molecule has 1 saturated heterocycles. The normalized spacial score (nSPS) is 20.0. The molecule has 0 N–H and O–H groups in total. The van der Waals surface area contributed by atoms with Crippen LogP contribution in [0.1, 0.15) is 32.9 Å². The second-order valence-corrected chi connectivity index (χ2v) is 6.78. The molecule has 6 nitrogen and oxygen atoms in total. The van der Waals surface area contributed by atoms with Gasteiger partial charge in [0.2, 0.25) is 5.91 Å². The Morgan fingerprint density at radius 2 is 1.65 bits per heavy atom. The van der Waals surface area contributed by atoms with Gasteiger partial charge in [0.05, 0.1) is 6.26 Å². The van der Waals surface area contributed by atoms with Gasteiger partial charge in [-0.05, 0) is 24.1 Å². The highest BCUT2D eigenvalue weighted by molar-refractivity contribution is 6.01. The van der Waals surface area contributed by atoms with Crippen molar-refractivity contribution < 1.29 is 18.8 Å². The van der Waals surface area contributed by atoms with Crippen LogP contribution in [0.15, 0.2) is 47.1 Å². The topological polar surface area (TPSA) is 70.8 Å². The van der Waals surface area contributed by atoms with Crippen LogP contribution >= 0.6 is 0 Å². The fourth-order valence-electron chi connectivity index (χ4n) is 3.76. The number of benzene rings is 1. The zero-order valence-electron chi connectivity index (χ0n) is 14.4. The molecule has 2 amide bonds. The maximum Gasteiger partial charge on any atom is 0.289 e. The molecule has 1 atom stereocenters. The smallest absolute Gasteiger partial charge is 0.289 e. The zero-order chi connectivity index (χ0) is 18.1. The highest BCUT2D eigenvalue weighted by Crippen LogP contribution is 2.27. The van der Waals surface area contributed by atoms with Gasteiger partial charge >= 0.3 is 0 Å². The lowest BCUT2D eigenvalue weighted by Crippen LogP contribution is -2.52. The third-order valence-corrected chi connectivity index (χ3v) is 5.18. The van der Waals surface area contributed by atoms with Crippen LogP contribution in [0.2, 0.25) is 0 Å². The van der Waals surface area contributed by atoms with E-state index < -0.39 is 0 Å². The molecule has 2 heterocycles. The Hall–Kier alpha value is -2.89. The van der Waals surface area contributed by atoms with Gasteiger partial charge in [0.15, 0.2) is 11.5 Å². The molecule has 26 heavy (non-hydrogen) atoms. The number of hydrogen-bond donors (Lipinski definition) is 0. The van der Waals surface area contributed by atoms with Crippen molar-refractivity contribution in [1.29, 1.82) is 0 Å². The Morgan fingerprint density at radius 1 is 0.923 bits per heavy atom. The first-order chi connectivity index (χ1) is 12.6. The monoisotopic (exact) mass is 352 g/mol. The summed E-state index contributed by atoms with van der Waals surface area (Å²) in [7, 11) is 0. The Balaban J connectivity index is 1.38. The molecule has 1 aliphatic carbocycles. The van der Waals surface area contributed by atoms with Gasteiger partial charge in [0.25, 0.3) is 5.91 Å². The largest absolute Gasteiger partial charge is 0.459 e. The molecular formula is C20H20N2O4. The lowest BCUT2D eigenvalue weighted by atomic mass is 9.82. The van der Waals surface area contributed by atoms with E-state index >= 15 is 0 Å². The Morgan fingerprint density at radius 3 is 2.38 bits per heavy atom. The number of rotatable bonds is 2. The van der Waals surface area contributed by atoms with Gasteiger partial charge in [0, 0.05) is 44.1 Å². The predicted octanol–water partition coefficient (Wildman–Crippen LogP) is 2.01. The third-order valence-electron chi connectivity index (χ3n) is 5.18. The van der Waals surface area contributed by atoms with Crippen LogP contribution in [0, 0.1) is 5.92 Å². The van der Waals surface area contributed by atoms with Crippen LogP contribution in [0.3, 0.4) is 0 Å². The highest BCUT2D eigenvalue weighted by atomic mass is 16.3. The lowest BCUT2D eigenvalue weighted by molar-refractivity contribution is -0.137. The predicted molar refractivity (Wildman–Crippen MR) is 93.8 cm³/mol. The summed E-state index contributed by atoms with van der Waals surface area (Å²) in [5, 5.41) is 0. The first kappa shape index (κ1) is 16.6. The Labute approximate surface area is 151 Å². The second-order valence-electron chi connectivity index (χ2n) is 6.78. The molecule has 1 aromatic carbocycles. The number of ketones is 1. The van der Waals surface area contributed by atoms with Gasteiger partial charge in [-0.15, -0.1) is 0 Å². The molecule has 4 rings (SSSR count). The van der Waals surface area contributed by atoms with Crippen molar-refractivity contribution in [2.75, 3.05) is 26.2 Å². The molecule has 1 aromatic heterocycles. The summed E-state index contributed by atoms with van der Waals surface area (Å²) in [6, 6.07) is 10.8. The Bertz CT molecular complexity index is 835. The van der Waals surface area contributed by atoms with E-state index in [0.717, 1.165) is 11.1 Å². The van der Waals surface area contributed by atoms with Gasteiger partial charge in [-0.25, -0.2) is 0 Å². The van der Waals surface area contributed by atoms with Crippen LogP contribution in [0.5, 0.6) is 0 Å². The molecule has 1 aliphatic heterocycles. The molecular weight excluding hydrogens is 332 g/mol. The van der Waals surface area contributed by atoms with Gasteiger partial charge in [0.1, 0.15) is 0 Å². The molecule has 0 spiro atoms. The first-order valence-electron chi connectivity index (χ1n) is 8.86. The minimum atomic E-state index is -0.301. The number of amides is 2. The number of Topliss-reactive ketones (excluding diaryl/α,β-unsaturated/α-hetero) is 1. The van der Waals surface area contributed by atoms with Crippen molar-refractivity contribution >= 4 is 17.6 Å². The number of hydrogen-bond acceptors (Lipinski definition) is 4. The third kappa shape index (κ3) is 3.03. The fourth-order valence-corrected chi connectivity index (χ4v) is 3.76. The average molecular weight is 352 g/mol. The molecule has 0 saturated carbocycles. The van der Waals surface area contributed by atoms with Crippen LogP contribution < -0.4 is 0 Å². The number of carbonyl (C=O) groups excluding carboxylic acids is 3. The van der Waals surface area contributed by atoms with E-state index in [1.165, 1.54) is 6.26 Å². The minimum Gasteiger partial charge on any atom is -0.459 e. The number of fused-ring (bicyclic) bond motifs is 1. The highest BCUT2D eigenvalue weighted by Gasteiger charge is 2.34. The average Bonchev–Trinajstić information content (AvgIpc) is 3.22. The zero-order valence-corrected chi connectivity index (χ0v) is 14.4. The molecule has 2 aromatic rings. The number of carbonyl (C=O) groups is 3. The molecule has 134 valence electrons. The van der Waals surface area contributed by atoms with Crippen molar-refractivity contribution in [3.63, 3.8) is 0 Å². The van der Waals surface area contributed by atoms with E-state index in [2.05, 4.69) is 0 Å². The molecule has 0 bridgehead atoms. The summed E-state index contributed by atoms with van der Waals surface area (Å²) in [4.78, 5) is 41.0. The minimum absolute atomic E-state index is 0.0120. The second kappa shape index (κ2) is 6.78. The summed E-state index contributed by atoms with van der Waals surface area (Å²) in [6.45, 7) is 1.92. The van der Waals surface area contributed by atoms with Gasteiger partial charge in [-0.2, -0.15) is 0 Å². The summed E-state index contributed by atoms with van der Waals surface area (Å²) in [6.07, 6.45) is 2.35. The summed E-state index contributed by atoms with van der Waals surface area (Å²) < 4.78 is 5.15. The van der Waals surface area contributed by atoms with Crippen molar-refractivity contribution in [2.45, 2.75) is 12.8 Å². The fraction of sp³-hybridized carbons (Fsp3) is 0.350. The maximum absolute atomic E-state index is 12.9. The molecule has 0 radical (unpaired) electrons. The van der Waals surface area contributed by atoms with Crippen LogP contribution in [-0.2, 0) is 11.2 Å². The maximum atomic E-state index is 12.9. The van der Waals surface area contributed by atoms with Crippen molar-refractivity contribution in [3.8, 4) is 0 Å². The molecule has 1 unspecified atom stereocenters. The van der Waals surface area contributed by atoms with Crippen LogP contribution in [0.4, 0.5) is 0 Å². The van der Waals surface area contributed by atoms with Crippen LogP contribution in [-0.4, -0.2) is 53.6 Å². The van der Waals surface area contributed by atoms with Crippen molar-refractivity contribution in [3.05, 3.63) is 59.5 Å². The molecule has 1 fully saturated rings. The standard InChI is InChI=1S/C20H20N2O4/c23-17-13-15(12-14-4-1-2-5-16(14)17)19(24)21-7-9-22(10-8-21)20(25)18-6-3-11-26-18/h1-6,11,15H,7-10,12-13H2. The van der Waals surface area contributed by atoms with Crippen molar-refractivity contribution in [1.82, 2.24) is 9.80 Å². The summed E-state index contributed by atoms with van der Waals surface area (Å²) in [5.41, 5.74) is 1.69.